The smallest absolute Gasteiger partial charge is 0.184 e. The quantitative estimate of drug-likeness (QED) is 0.307. The fourth-order valence-electron chi connectivity index (χ4n) is 0.367. The molecule has 0 aliphatic heterocycles. The van der Waals surface area contributed by atoms with Crippen LogP contribution >= 0.6 is 11.6 Å². The monoisotopic (exact) mass is 118 g/mol. The first kappa shape index (κ1) is 8.11. The molecule has 0 unspecified atom stereocenters. The van der Waals surface area contributed by atoms with Crippen molar-refractivity contribution in [1.82, 2.24) is 0 Å². The van der Waals surface area contributed by atoms with E-state index in [1.165, 1.54) is 0 Å². The van der Waals surface area contributed by atoms with Gasteiger partial charge in [0.25, 0.3) is 0 Å². The fraction of sp³-hybridized carbons (Fsp3) is 0. The van der Waals surface area contributed by atoms with Crippen molar-refractivity contribution in [2.75, 3.05) is 0 Å². The van der Waals surface area contributed by atoms with Crippen LogP contribution in [-0.2, 0) is 0 Å². The molecule has 0 aromatic heterocycles. The van der Waals surface area contributed by atoms with Crippen LogP contribution < -0.4 is 18.9 Å². The van der Waals surface area contributed by atoms with Gasteiger partial charge in [0.1, 0.15) is 0 Å². The van der Waals surface area contributed by atoms with E-state index in [1.807, 2.05) is 0 Å². The van der Waals surface area contributed by atoms with Crippen molar-refractivity contribution in [2.24, 2.45) is 0 Å². The first-order chi connectivity index (χ1) is 3.39. The number of benzene rings is 1. The third kappa shape index (κ3) is 2.42. The topological polar surface area (TPSA) is 0 Å². The van der Waals surface area contributed by atoms with E-state index in [9.17, 15) is 0 Å². The molecule has 0 N–H and O–H groups in total. The summed E-state index contributed by atoms with van der Waals surface area (Å²) >= 11 is 5.52. The average Bonchev–Trinajstić information content (AvgIpc) is 1.69. The molecule has 0 bridgehead atoms. The largest absolute Gasteiger partial charge is 1.00 e. The molecular formula is C6H4ClLi. The molecule has 1 aromatic carbocycles. The molecule has 0 spiro atoms. The van der Waals surface area contributed by atoms with Crippen LogP contribution in [0.15, 0.2) is 24.3 Å². The van der Waals surface area contributed by atoms with Gasteiger partial charge in [-0.15, -0.1) is 11.6 Å². The maximum absolute atomic E-state index is 5.52. The van der Waals surface area contributed by atoms with Gasteiger partial charge in [0.15, 0.2) is 0 Å². The summed E-state index contributed by atoms with van der Waals surface area (Å²) < 4.78 is 0. The Kier molecular flexibility index (Phi) is 4.09. The first-order valence-electron chi connectivity index (χ1n) is 2.01. The Morgan fingerprint density at radius 3 is 2.00 bits per heavy atom. The van der Waals surface area contributed by atoms with E-state index in [-0.39, 0.29) is 18.9 Å². The van der Waals surface area contributed by atoms with Gasteiger partial charge in [0, 0.05) is 0 Å². The standard InChI is InChI=1S/C6H4Cl.Li/c7-6-4-2-1-3-5-6;/h2-5H;/q-1;+1. The van der Waals surface area contributed by atoms with E-state index in [0.29, 0.717) is 0 Å². The van der Waals surface area contributed by atoms with E-state index in [4.69, 9.17) is 11.6 Å². The third-order valence-electron chi connectivity index (χ3n) is 0.678. The predicted octanol–water partition coefficient (Wildman–Crippen LogP) is -0.856. The summed E-state index contributed by atoms with van der Waals surface area (Å²) in [6, 6.07) is 10.00. The molecule has 0 saturated carbocycles. The van der Waals surface area contributed by atoms with Crippen molar-refractivity contribution in [1.29, 1.82) is 0 Å². The summed E-state index contributed by atoms with van der Waals surface area (Å²) in [5.74, 6) is 0. The third-order valence-corrected chi connectivity index (χ3v) is 0.930. The Hall–Kier alpha value is 0.107. The van der Waals surface area contributed by atoms with Gasteiger partial charge in [0.05, 0.1) is 0 Å². The van der Waals surface area contributed by atoms with E-state index in [1.54, 1.807) is 24.3 Å². The molecular weight excluding hydrogens is 114 g/mol. The van der Waals surface area contributed by atoms with Crippen LogP contribution in [-0.4, -0.2) is 0 Å². The fourth-order valence-corrected chi connectivity index (χ4v) is 0.493. The Bertz CT molecular complexity index is 138. The van der Waals surface area contributed by atoms with Crippen molar-refractivity contribution in [3.05, 3.63) is 35.4 Å². The molecule has 0 amide bonds. The number of rotatable bonds is 0. The zero-order chi connectivity index (χ0) is 5.11. The van der Waals surface area contributed by atoms with Crippen molar-refractivity contribution in [3.63, 3.8) is 0 Å². The summed E-state index contributed by atoms with van der Waals surface area (Å²) in [5.41, 5.74) is 0. The maximum Gasteiger partial charge on any atom is 1.00 e. The summed E-state index contributed by atoms with van der Waals surface area (Å²) in [6.45, 7) is 0. The average molecular weight is 118 g/mol. The van der Waals surface area contributed by atoms with Crippen LogP contribution in [0.4, 0.5) is 0 Å². The maximum atomic E-state index is 5.52. The van der Waals surface area contributed by atoms with Crippen molar-refractivity contribution < 1.29 is 18.9 Å². The Labute approximate surface area is 66.0 Å². The van der Waals surface area contributed by atoms with Crippen LogP contribution in [0.1, 0.15) is 0 Å². The molecule has 0 atom stereocenters. The van der Waals surface area contributed by atoms with Gasteiger partial charge >= 0.3 is 18.9 Å². The van der Waals surface area contributed by atoms with E-state index >= 15 is 0 Å². The number of halogens is 1. The van der Waals surface area contributed by atoms with Gasteiger partial charge in [-0.25, -0.2) is 0 Å². The molecule has 0 aliphatic carbocycles. The van der Waals surface area contributed by atoms with E-state index in [2.05, 4.69) is 6.07 Å². The van der Waals surface area contributed by atoms with Crippen LogP contribution in [0.5, 0.6) is 0 Å². The van der Waals surface area contributed by atoms with Gasteiger partial charge < -0.3 is 0 Å². The summed E-state index contributed by atoms with van der Waals surface area (Å²) in [7, 11) is 0. The van der Waals surface area contributed by atoms with Crippen LogP contribution in [0, 0.1) is 6.07 Å². The zero-order valence-corrected chi connectivity index (χ0v) is 5.44. The van der Waals surface area contributed by atoms with Crippen LogP contribution in [0.25, 0.3) is 0 Å². The molecule has 1 aromatic rings. The van der Waals surface area contributed by atoms with Gasteiger partial charge in [-0.3, -0.25) is 0 Å². The predicted molar refractivity (Wildman–Crippen MR) is 30.3 cm³/mol. The molecule has 0 radical (unpaired) electrons. The van der Waals surface area contributed by atoms with Crippen LogP contribution in [0.3, 0.4) is 0 Å². The van der Waals surface area contributed by atoms with Crippen molar-refractivity contribution in [2.45, 2.75) is 0 Å². The molecule has 0 saturated heterocycles. The van der Waals surface area contributed by atoms with E-state index < -0.39 is 0 Å². The zero-order valence-electron chi connectivity index (χ0n) is 4.69. The van der Waals surface area contributed by atoms with E-state index in [0.717, 1.165) is 5.02 Å². The van der Waals surface area contributed by atoms with Gasteiger partial charge in [0.2, 0.25) is 0 Å². The summed E-state index contributed by atoms with van der Waals surface area (Å²) in [5, 5.41) is 0.763. The van der Waals surface area contributed by atoms with Crippen molar-refractivity contribution in [3.8, 4) is 0 Å². The summed E-state index contributed by atoms with van der Waals surface area (Å²) in [4.78, 5) is 0. The SMILES string of the molecule is Clc1cc[c-]cc1.[Li+]. The molecule has 0 heterocycles. The molecule has 1 rings (SSSR count). The Morgan fingerprint density at radius 1 is 1.25 bits per heavy atom. The Balaban J connectivity index is 0.000000490. The van der Waals surface area contributed by atoms with Crippen LogP contribution in [0.2, 0.25) is 5.02 Å². The van der Waals surface area contributed by atoms with Gasteiger partial charge in [-0.05, 0) is 0 Å². The second kappa shape index (κ2) is 4.03. The van der Waals surface area contributed by atoms with Crippen molar-refractivity contribution >= 4 is 11.6 Å². The molecule has 0 aliphatic rings. The molecule has 0 fully saturated rings. The molecule has 2 heteroatoms. The minimum Gasteiger partial charge on any atom is -0.184 e. The normalized spacial score (nSPS) is 7.62. The second-order valence-electron chi connectivity index (χ2n) is 1.22. The van der Waals surface area contributed by atoms with Gasteiger partial charge in [-0.2, -0.15) is 30.3 Å². The number of hydrogen-bond donors (Lipinski definition) is 0. The molecule has 36 valence electrons. The first-order valence-corrected chi connectivity index (χ1v) is 2.39. The molecule has 0 nitrogen and oxygen atoms in total. The molecule has 8 heavy (non-hydrogen) atoms. The number of hydrogen-bond acceptors (Lipinski definition) is 0. The second-order valence-corrected chi connectivity index (χ2v) is 1.65. The summed E-state index contributed by atoms with van der Waals surface area (Å²) in [6.07, 6.45) is 0. The minimum absolute atomic E-state index is 0. The van der Waals surface area contributed by atoms with Gasteiger partial charge in [-0.1, -0.05) is 5.02 Å². The minimum atomic E-state index is 0. The Morgan fingerprint density at radius 2 is 1.75 bits per heavy atom.